The Labute approximate surface area is 172 Å². The Morgan fingerprint density at radius 2 is 0.577 bits per heavy atom. The second kappa shape index (κ2) is 8.02. The van der Waals surface area contributed by atoms with Gasteiger partial charge in [-0.3, -0.25) is 0 Å². The molecule has 4 unspecified atom stereocenters. The van der Waals surface area contributed by atoms with Gasteiger partial charge in [0.15, 0.2) is 0 Å². The van der Waals surface area contributed by atoms with Crippen LogP contribution in [0.3, 0.4) is 0 Å². The van der Waals surface area contributed by atoms with Crippen molar-refractivity contribution in [1.29, 1.82) is 0 Å². The van der Waals surface area contributed by atoms with Gasteiger partial charge in [-0.05, 0) is 0 Å². The maximum Gasteiger partial charge on any atom is 0.139 e. The van der Waals surface area contributed by atoms with Gasteiger partial charge in [-0.15, -0.1) is 0 Å². The SMILES string of the molecule is CCB1C([Si](C)(C)C)C([Si](C)(C)C)B(CC)C([Si](C)(C)C)C1[Si](C)(C)C. The van der Waals surface area contributed by atoms with E-state index in [4.69, 9.17) is 0 Å². The molecule has 26 heavy (non-hydrogen) atoms. The zero-order valence-electron chi connectivity index (χ0n) is 20.9. The lowest BCUT2D eigenvalue weighted by Gasteiger charge is -2.62. The Bertz CT molecular complexity index is 384. The van der Waals surface area contributed by atoms with Gasteiger partial charge in [0, 0.05) is 32.3 Å². The van der Waals surface area contributed by atoms with Crippen molar-refractivity contribution in [2.45, 2.75) is 127 Å². The highest BCUT2D eigenvalue weighted by atomic mass is 28.3. The van der Waals surface area contributed by atoms with E-state index in [0.29, 0.717) is 0 Å². The molecule has 0 saturated carbocycles. The van der Waals surface area contributed by atoms with Crippen molar-refractivity contribution in [3.8, 4) is 0 Å². The van der Waals surface area contributed by atoms with Gasteiger partial charge in [-0.1, -0.05) is 127 Å². The van der Waals surface area contributed by atoms with Crippen molar-refractivity contribution in [1.82, 2.24) is 0 Å². The van der Waals surface area contributed by atoms with Crippen molar-refractivity contribution in [3.05, 3.63) is 0 Å². The molecule has 0 aromatic heterocycles. The first-order valence-electron chi connectivity index (χ1n) is 11.4. The molecular formula is C20H50B2Si4. The predicted octanol–water partition coefficient (Wildman–Crippen LogP) is 8.02. The fourth-order valence-corrected chi connectivity index (χ4v) is 25.8. The smallest absolute Gasteiger partial charge is 0.0771 e. The van der Waals surface area contributed by atoms with E-state index in [-0.39, 0.29) is 0 Å². The minimum absolute atomic E-state index is 1.00. The lowest BCUT2D eigenvalue weighted by atomic mass is 9.24. The summed E-state index contributed by atoms with van der Waals surface area (Å²) in [5.74, 6) is 0. The summed E-state index contributed by atoms with van der Waals surface area (Å²) >= 11 is 0. The van der Waals surface area contributed by atoms with Crippen molar-refractivity contribution < 1.29 is 0 Å². The zero-order valence-corrected chi connectivity index (χ0v) is 24.9. The average Bonchev–Trinajstić information content (AvgIpc) is 2.39. The van der Waals surface area contributed by atoms with Crippen molar-refractivity contribution in [2.24, 2.45) is 0 Å². The Hall–Kier alpha value is 0.997. The molecule has 0 bridgehead atoms. The second-order valence-electron chi connectivity index (χ2n) is 13.7. The topological polar surface area (TPSA) is 0 Å². The van der Waals surface area contributed by atoms with E-state index in [1.54, 1.807) is 0 Å². The van der Waals surface area contributed by atoms with E-state index in [0.717, 1.165) is 35.2 Å². The molecule has 1 fully saturated rings. The Morgan fingerprint density at radius 3 is 0.654 bits per heavy atom. The lowest BCUT2D eigenvalue weighted by Crippen LogP contribution is -2.66. The average molecular weight is 425 g/mol. The van der Waals surface area contributed by atoms with E-state index in [9.17, 15) is 0 Å². The van der Waals surface area contributed by atoms with Crippen molar-refractivity contribution in [2.75, 3.05) is 0 Å². The van der Waals surface area contributed by atoms with E-state index in [2.05, 4.69) is 92.4 Å². The summed E-state index contributed by atoms with van der Waals surface area (Å²) in [6.07, 6.45) is 2.87. The van der Waals surface area contributed by atoms with Crippen LogP contribution < -0.4 is 0 Å². The molecule has 152 valence electrons. The van der Waals surface area contributed by atoms with Gasteiger partial charge in [-0.25, -0.2) is 0 Å². The molecule has 0 aliphatic carbocycles. The van der Waals surface area contributed by atoms with Crippen LogP contribution in [-0.4, -0.2) is 45.7 Å². The van der Waals surface area contributed by atoms with E-state index < -0.39 is 32.3 Å². The van der Waals surface area contributed by atoms with Gasteiger partial charge in [0.1, 0.15) is 13.4 Å². The number of hydrogen-bond donors (Lipinski definition) is 0. The minimum atomic E-state index is -1.21. The van der Waals surface area contributed by atoms with Crippen LogP contribution in [-0.2, 0) is 0 Å². The molecule has 1 heterocycles. The lowest BCUT2D eigenvalue weighted by molar-refractivity contribution is 0.886. The normalized spacial score (nSPS) is 29.3. The second-order valence-corrected chi connectivity index (χ2v) is 35.3. The van der Waals surface area contributed by atoms with Crippen LogP contribution in [0, 0.1) is 0 Å². The van der Waals surface area contributed by atoms with E-state index in [1.807, 2.05) is 0 Å². The Morgan fingerprint density at radius 1 is 0.423 bits per heavy atom. The van der Waals surface area contributed by atoms with Crippen LogP contribution >= 0.6 is 0 Å². The quantitative estimate of drug-likeness (QED) is 0.379. The molecule has 0 amide bonds. The van der Waals surface area contributed by atoms with Gasteiger partial charge in [-0.2, -0.15) is 0 Å². The molecule has 0 nitrogen and oxygen atoms in total. The number of rotatable bonds is 6. The van der Waals surface area contributed by atoms with Crippen LogP contribution in [0.1, 0.15) is 13.8 Å². The van der Waals surface area contributed by atoms with Crippen LogP contribution in [0.5, 0.6) is 0 Å². The highest BCUT2D eigenvalue weighted by Crippen LogP contribution is 2.62. The first-order chi connectivity index (χ1) is 11.4. The third kappa shape index (κ3) is 5.13. The molecule has 0 aromatic carbocycles. The first kappa shape index (κ1) is 25.0. The van der Waals surface area contributed by atoms with Gasteiger partial charge in [0.25, 0.3) is 0 Å². The third-order valence-electron chi connectivity index (χ3n) is 7.56. The van der Waals surface area contributed by atoms with Gasteiger partial charge in [0.05, 0.1) is 0 Å². The molecule has 0 N–H and O–H groups in total. The molecule has 0 radical (unpaired) electrons. The minimum Gasteiger partial charge on any atom is -0.0771 e. The van der Waals surface area contributed by atoms with Crippen LogP contribution in [0.2, 0.25) is 113 Å². The van der Waals surface area contributed by atoms with Crippen LogP contribution in [0.4, 0.5) is 0 Å². The fourth-order valence-electron chi connectivity index (χ4n) is 7.25. The molecule has 1 saturated heterocycles. The molecular weight excluding hydrogens is 374 g/mol. The standard InChI is InChI=1S/C20H50B2Si4/c1-15-21-17(23(3,4)5)19(25(9,10)11)22(16-2)20(26(12,13)14)18(21)24(6,7)8/h17-20H,15-16H2,1-14H3. The molecule has 4 atom stereocenters. The summed E-state index contributed by atoms with van der Waals surface area (Å²) in [5.41, 5.74) is 4.20. The highest BCUT2D eigenvalue weighted by Gasteiger charge is 2.62. The molecule has 6 heteroatoms. The van der Waals surface area contributed by atoms with Gasteiger partial charge in [0.2, 0.25) is 0 Å². The van der Waals surface area contributed by atoms with E-state index in [1.165, 1.54) is 12.6 Å². The highest BCUT2D eigenvalue weighted by molar-refractivity contribution is 7.10. The summed E-state index contributed by atoms with van der Waals surface area (Å²) in [4.78, 5) is 0. The molecule has 0 aromatic rings. The molecule has 0 spiro atoms. The monoisotopic (exact) mass is 424 g/mol. The third-order valence-corrected chi connectivity index (χ3v) is 19.4. The summed E-state index contributed by atoms with van der Waals surface area (Å²) in [6.45, 7) is 39.5. The van der Waals surface area contributed by atoms with Gasteiger partial charge >= 0.3 is 0 Å². The summed E-state index contributed by atoms with van der Waals surface area (Å²) in [5, 5.41) is 0. The predicted molar refractivity (Wildman–Crippen MR) is 141 cm³/mol. The van der Waals surface area contributed by atoms with Crippen LogP contribution in [0.15, 0.2) is 0 Å². The van der Waals surface area contributed by atoms with Crippen LogP contribution in [0.25, 0.3) is 0 Å². The summed E-state index contributed by atoms with van der Waals surface area (Å²) in [6, 6.07) is 0. The number of hydrogen-bond acceptors (Lipinski definition) is 0. The van der Waals surface area contributed by atoms with Crippen molar-refractivity contribution >= 4 is 45.7 Å². The molecule has 1 aliphatic rings. The first-order valence-corrected chi connectivity index (χ1v) is 25.7. The molecule has 1 aliphatic heterocycles. The Balaban J connectivity index is 3.79. The maximum absolute atomic E-state index is 2.70. The largest absolute Gasteiger partial charge is 0.139 e. The molecule has 1 rings (SSSR count). The summed E-state index contributed by atoms with van der Waals surface area (Å²) in [7, 11) is -4.83. The Kier molecular flexibility index (Phi) is 7.73. The van der Waals surface area contributed by atoms with Crippen molar-refractivity contribution in [3.63, 3.8) is 0 Å². The van der Waals surface area contributed by atoms with Gasteiger partial charge < -0.3 is 0 Å². The fraction of sp³-hybridized carbons (Fsp3) is 1.00. The zero-order chi connectivity index (χ0) is 20.9. The van der Waals surface area contributed by atoms with E-state index >= 15 is 0 Å². The maximum atomic E-state index is 2.70. The summed E-state index contributed by atoms with van der Waals surface area (Å²) < 4.78 is 0.